The van der Waals surface area contributed by atoms with Gasteiger partial charge >= 0.3 is 6.03 Å². The number of carbonyl (C=O) groups is 1. The molecule has 0 saturated carbocycles. The quantitative estimate of drug-likeness (QED) is 0.699. The number of nitrogens with one attached hydrogen (secondary N) is 1. The Bertz CT molecular complexity index is 655. The van der Waals surface area contributed by atoms with Crippen molar-refractivity contribution in [3.8, 4) is 5.69 Å². The molecule has 0 fully saturated rings. The van der Waals surface area contributed by atoms with Crippen LogP contribution < -0.4 is 5.32 Å². The molecule has 0 radical (unpaired) electrons. The van der Waals surface area contributed by atoms with Crippen molar-refractivity contribution in [1.29, 1.82) is 0 Å². The van der Waals surface area contributed by atoms with E-state index in [0.29, 0.717) is 19.1 Å². The molecule has 0 aliphatic heterocycles. The zero-order valence-corrected chi connectivity index (χ0v) is 16.1. The molecule has 0 aliphatic rings. The van der Waals surface area contributed by atoms with Crippen LogP contribution in [0.5, 0.6) is 0 Å². The molecule has 0 aliphatic carbocycles. The number of rotatable bonds is 9. The second-order valence-corrected chi connectivity index (χ2v) is 6.77. The van der Waals surface area contributed by atoms with Crippen LogP contribution in [0.15, 0.2) is 36.9 Å². The van der Waals surface area contributed by atoms with E-state index in [0.717, 1.165) is 24.3 Å². The highest BCUT2D eigenvalue weighted by Gasteiger charge is 2.17. The Hall–Kier alpha value is -2.41. The normalized spacial score (nSPS) is 12.2. The highest BCUT2D eigenvalue weighted by molar-refractivity contribution is 5.74. The van der Waals surface area contributed by atoms with E-state index in [1.165, 1.54) is 6.33 Å². The van der Waals surface area contributed by atoms with Crippen LogP contribution in [0, 0.1) is 5.92 Å². The monoisotopic (exact) mass is 359 g/mol. The summed E-state index contributed by atoms with van der Waals surface area (Å²) in [6, 6.07) is 7.84. The number of carbonyl (C=O) groups excluding carboxylic acids is 1. The van der Waals surface area contributed by atoms with Crippen LogP contribution >= 0.6 is 0 Å². The van der Waals surface area contributed by atoms with E-state index in [2.05, 4.69) is 29.2 Å². The van der Waals surface area contributed by atoms with Gasteiger partial charge in [-0.15, -0.1) is 0 Å². The van der Waals surface area contributed by atoms with Crippen LogP contribution in [0.3, 0.4) is 0 Å². The standard InChI is InChI=1S/C19H29N5O2/c1-15(2)12-26-11-5-10-21-19(25)23(4)16(3)17-6-8-18(9-7-17)24-14-20-13-22-24/h6-9,13-16H,5,10-12H2,1-4H3,(H,21,25)/t16-/m0/s1. The molecule has 1 heterocycles. The van der Waals surface area contributed by atoms with Crippen LogP contribution in [-0.2, 0) is 4.74 Å². The maximum absolute atomic E-state index is 12.3. The van der Waals surface area contributed by atoms with E-state index in [1.54, 1.807) is 23.0 Å². The number of urea groups is 1. The van der Waals surface area contributed by atoms with E-state index >= 15 is 0 Å². The number of nitrogens with zero attached hydrogens (tertiary/aromatic N) is 4. The van der Waals surface area contributed by atoms with Crippen molar-refractivity contribution in [2.75, 3.05) is 26.8 Å². The number of hydrogen-bond donors (Lipinski definition) is 1. The van der Waals surface area contributed by atoms with E-state index in [9.17, 15) is 4.79 Å². The second kappa shape index (κ2) is 9.91. The smallest absolute Gasteiger partial charge is 0.317 e. The molecule has 1 N–H and O–H groups in total. The van der Waals surface area contributed by atoms with Crippen LogP contribution in [-0.4, -0.2) is 52.5 Å². The number of hydrogen-bond acceptors (Lipinski definition) is 4. The maximum atomic E-state index is 12.3. The predicted molar refractivity (Wildman–Crippen MR) is 101 cm³/mol. The minimum atomic E-state index is -0.0817. The number of aromatic nitrogens is 3. The molecule has 1 aromatic heterocycles. The van der Waals surface area contributed by atoms with Crippen molar-refractivity contribution in [1.82, 2.24) is 25.0 Å². The van der Waals surface area contributed by atoms with E-state index in [-0.39, 0.29) is 12.1 Å². The summed E-state index contributed by atoms with van der Waals surface area (Å²) < 4.78 is 7.22. The zero-order chi connectivity index (χ0) is 18.9. The lowest BCUT2D eigenvalue weighted by atomic mass is 10.1. The molecule has 2 aromatic rings. The molecule has 2 rings (SSSR count). The van der Waals surface area contributed by atoms with Gasteiger partial charge < -0.3 is 15.0 Å². The predicted octanol–water partition coefficient (Wildman–Crippen LogP) is 3.03. The first kappa shape index (κ1) is 19.9. The summed E-state index contributed by atoms with van der Waals surface area (Å²) in [5.74, 6) is 0.535. The summed E-state index contributed by atoms with van der Waals surface area (Å²) in [6.45, 7) is 8.29. The summed E-state index contributed by atoms with van der Waals surface area (Å²) in [5, 5.41) is 7.05. The fourth-order valence-corrected chi connectivity index (χ4v) is 2.46. The molecule has 1 aromatic carbocycles. The number of benzene rings is 1. The largest absolute Gasteiger partial charge is 0.381 e. The van der Waals surface area contributed by atoms with Crippen LogP contribution in [0.4, 0.5) is 4.79 Å². The lowest BCUT2D eigenvalue weighted by Crippen LogP contribution is -2.39. The molecule has 0 spiro atoms. The zero-order valence-electron chi connectivity index (χ0n) is 16.1. The van der Waals surface area contributed by atoms with Gasteiger partial charge in [0.15, 0.2) is 0 Å². The third-order valence-corrected chi connectivity index (χ3v) is 4.15. The Morgan fingerprint density at radius 2 is 2.00 bits per heavy atom. The Morgan fingerprint density at radius 1 is 1.27 bits per heavy atom. The SMILES string of the molecule is CC(C)COCCCNC(=O)N(C)[C@@H](C)c1ccc(-n2cncn2)cc1. The van der Waals surface area contributed by atoms with Crippen molar-refractivity contribution >= 4 is 6.03 Å². The Labute approximate surface area is 155 Å². The summed E-state index contributed by atoms with van der Waals surface area (Å²) in [6.07, 6.45) is 3.97. The Morgan fingerprint density at radius 3 is 2.62 bits per heavy atom. The van der Waals surface area contributed by atoms with Crippen molar-refractivity contribution < 1.29 is 9.53 Å². The van der Waals surface area contributed by atoms with Gasteiger partial charge in [-0.1, -0.05) is 26.0 Å². The van der Waals surface area contributed by atoms with Gasteiger partial charge in [-0.2, -0.15) is 5.10 Å². The highest BCUT2D eigenvalue weighted by atomic mass is 16.5. The minimum absolute atomic E-state index is 0.0306. The third-order valence-electron chi connectivity index (χ3n) is 4.15. The van der Waals surface area contributed by atoms with Crippen LogP contribution in [0.1, 0.15) is 38.8 Å². The van der Waals surface area contributed by atoms with Crippen molar-refractivity contribution in [3.63, 3.8) is 0 Å². The molecule has 0 saturated heterocycles. The van der Waals surface area contributed by atoms with Crippen LogP contribution in [0.25, 0.3) is 5.69 Å². The number of ether oxygens (including phenoxy) is 1. The summed E-state index contributed by atoms with van der Waals surface area (Å²) in [4.78, 5) is 18.0. The van der Waals surface area contributed by atoms with Crippen LogP contribution in [0.2, 0.25) is 0 Å². The summed E-state index contributed by atoms with van der Waals surface area (Å²) in [7, 11) is 1.81. The Kier molecular flexibility index (Phi) is 7.59. The maximum Gasteiger partial charge on any atom is 0.317 e. The van der Waals surface area contributed by atoms with Gasteiger partial charge in [0.1, 0.15) is 12.7 Å². The summed E-state index contributed by atoms with van der Waals surface area (Å²) in [5.41, 5.74) is 2.00. The van der Waals surface area contributed by atoms with Crippen molar-refractivity contribution in [2.45, 2.75) is 33.2 Å². The second-order valence-electron chi connectivity index (χ2n) is 6.77. The molecule has 0 unspecified atom stereocenters. The molecule has 7 nitrogen and oxygen atoms in total. The molecular weight excluding hydrogens is 330 g/mol. The van der Waals surface area contributed by atoms with Crippen molar-refractivity contribution in [3.05, 3.63) is 42.5 Å². The van der Waals surface area contributed by atoms with Crippen molar-refractivity contribution in [2.24, 2.45) is 5.92 Å². The van der Waals surface area contributed by atoms with E-state index in [4.69, 9.17) is 4.74 Å². The van der Waals surface area contributed by atoms with Gasteiger partial charge in [-0.05, 0) is 37.0 Å². The molecule has 0 bridgehead atoms. The fraction of sp³-hybridized carbons (Fsp3) is 0.526. The van der Waals surface area contributed by atoms with E-state index < -0.39 is 0 Å². The van der Waals surface area contributed by atoms with Gasteiger partial charge in [0, 0.05) is 26.8 Å². The topological polar surface area (TPSA) is 72.3 Å². The first-order valence-corrected chi connectivity index (χ1v) is 9.02. The molecule has 1 atom stereocenters. The first-order valence-electron chi connectivity index (χ1n) is 9.02. The average Bonchev–Trinajstić information content (AvgIpc) is 3.17. The molecule has 142 valence electrons. The van der Waals surface area contributed by atoms with Gasteiger partial charge in [0.05, 0.1) is 11.7 Å². The first-order chi connectivity index (χ1) is 12.5. The Balaban J connectivity index is 1.78. The molecule has 2 amide bonds. The molecule has 26 heavy (non-hydrogen) atoms. The fourth-order valence-electron chi connectivity index (χ4n) is 2.46. The number of amides is 2. The van der Waals surface area contributed by atoms with Gasteiger partial charge in [-0.25, -0.2) is 14.5 Å². The van der Waals surface area contributed by atoms with E-state index in [1.807, 2.05) is 31.2 Å². The van der Waals surface area contributed by atoms with Gasteiger partial charge in [0.25, 0.3) is 0 Å². The highest BCUT2D eigenvalue weighted by Crippen LogP contribution is 2.20. The lowest BCUT2D eigenvalue weighted by molar-refractivity contribution is 0.107. The van der Waals surface area contributed by atoms with Gasteiger partial charge in [0.2, 0.25) is 0 Å². The molecule has 7 heteroatoms. The summed E-state index contributed by atoms with van der Waals surface area (Å²) >= 11 is 0. The minimum Gasteiger partial charge on any atom is -0.381 e. The van der Waals surface area contributed by atoms with Gasteiger partial charge in [-0.3, -0.25) is 0 Å². The third kappa shape index (κ3) is 5.84. The molecular formula is C19H29N5O2. The lowest BCUT2D eigenvalue weighted by Gasteiger charge is -2.25. The average molecular weight is 359 g/mol.